The van der Waals surface area contributed by atoms with Crippen LogP contribution < -0.4 is 20.1 Å². The Balaban J connectivity index is 1.66. The minimum absolute atomic E-state index is 0.0371. The molecule has 0 aromatic heterocycles. The SMILES string of the molecule is COc1ccc(OCCNCC(=O)Nc2cccc(C(C)=O)c2)cc1. The molecule has 6 nitrogen and oxygen atoms in total. The summed E-state index contributed by atoms with van der Waals surface area (Å²) in [5.41, 5.74) is 1.17. The maximum absolute atomic E-state index is 11.9. The van der Waals surface area contributed by atoms with Crippen LogP contribution in [-0.2, 0) is 4.79 Å². The molecule has 2 N–H and O–H groups in total. The van der Waals surface area contributed by atoms with Crippen LogP contribution in [0.15, 0.2) is 48.5 Å². The van der Waals surface area contributed by atoms with Gasteiger partial charge in [-0.25, -0.2) is 0 Å². The summed E-state index contributed by atoms with van der Waals surface area (Å²) in [7, 11) is 1.61. The van der Waals surface area contributed by atoms with Gasteiger partial charge in [-0.05, 0) is 43.3 Å². The van der Waals surface area contributed by atoms with Crippen LogP contribution >= 0.6 is 0 Å². The van der Waals surface area contributed by atoms with Gasteiger partial charge in [-0.15, -0.1) is 0 Å². The Morgan fingerprint density at radius 2 is 1.76 bits per heavy atom. The first-order valence-electron chi connectivity index (χ1n) is 7.97. The number of carbonyl (C=O) groups excluding carboxylic acids is 2. The van der Waals surface area contributed by atoms with E-state index in [1.165, 1.54) is 6.92 Å². The van der Waals surface area contributed by atoms with E-state index in [2.05, 4.69) is 10.6 Å². The van der Waals surface area contributed by atoms with Crippen LogP contribution in [-0.4, -0.2) is 38.5 Å². The van der Waals surface area contributed by atoms with Crippen molar-refractivity contribution in [3.05, 3.63) is 54.1 Å². The highest BCUT2D eigenvalue weighted by Gasteiger charge is 2.04. The molecule has 0 saturated heterocycles. The highest BCUT2D eigenvalue weighted by molar-refractivity contribution is 5.97. The summed E-state index contributed by atoms with van der Waals surface area (Å²) in [6, 6.07) is 14.2. The summed E-state index contributed by atoms with van der Waals surface area (Å²) in [4.78, 5) is 23.2. The average molecular weight is 342 g/mol. The second-order valence-corrected chi connectivity index (χ2v) is 5.39. The normalized spacial score (nSPS) is 10.2. The average Bonchev–Trinajstić information content (AvgIpc) is 2.62. The summed E-state index contributed by atoms with van der Waals surface area (Å²) in [5.74, 6) is 1.30. The number of benzene rings is 2. The van der Waals surface area contributed by atoms with E-state index in [1.807, 2.05) is 24.3 Å². The topological polar surface area (TPSA) is 76.7 Å². The van der Waals surface area contributed by atoms with Crippen molar-refractivity contribution in [1.29, 1.82) is 0 Å². The van der Waals surface area contributed by atoms with Crippen molar-refractivity contribution in [1.82, 2.24) is 5.32 Å². The van der Waals surface area contributed by atoms with Crippen LogP contribution in [0, 0.1) is 0 Å². The zero-order valence-corrected chi connectivity index (χ0v) is 14.4. The molecule has 2 aromatic rings. The number of carbonyl (C=O) groups is 2. The molecule has 132 valence electrons. The molecule has 0 aliphatic heterocycles. The largest absolute Gasteiger partial charge is 0.497 e. The lowest BCUT2D eigenvalue weighted by atomic mass is 10.1. The Kier molecular flexibility index (Phi) is 6.98. The van der Waals surface area contributed by atoms with Crippen molar-refractivity contribution >= 4 is 17.4 Å². The number of hydrogen-bond donors (Lipinski definition) is 2. The number of rotatable bonds is 9. The van der Waals surface area contributed by atoms with Gasteiger partial charge in [-0.1, -0.05) is 12.1 Å². The fourth-order valence-electron chi connectivity index (χ4n) is 2.14. The van der Waals surface area contributed by atoms with Crippen LogP contribution in [0.5, 0.6) is 11.5 Å². The zero-order valence-electron chi connectivity index (χ0n) is 14.4. The molecule has 0 bridgehead atoms. The number of Topliss-reactive ketones (excluding diaryl/α,β-unsaturated/α-hetero) is 1. The summed E-state index contributed by atoms with van der Waals surface area (Å²) in [5, 5.41) is 5.76. The first kappa shape index (κ1) is 18.5. The predicted molar refractivity (Wildman–Crippen MR) is 96.4 cm³/mol. The van der Waals surface area contributed by atoms with E-state index in [9.17, 15) is 9.59 Å². The Morgan fingerprint density at radius 1 is 1.04 bits per heavy atom. The minimum atomic E-state index is -0.176. The molecule has 2 aromatic carbocycles. The van der Waals surface area contributed by atoms with Crippen LogP contribution in [0.2, 0.25) is 0 Å². The Hall–Kier alpha value is -2.86. The molecule has 0 radical (unpaired) electrons. The third-order valence-corrected chi connectivity index (χ3v) is 3.45. The lowest BCUT2D eigenvalue weighted by Gasteiger charge is -2.09. The first-order valence-corrected chi connectivity index (χ1v) is 7.97. The third-order valence-electron chi connectivity index (χ3n) is 3.45. The fraction of sp³-hybridized carbons (Fsp3) is 0.263. The Morgan fingerprint density at radius 3 is 2.44 bits per heavy atom. The first-order chi connectivity index (χ1) is 12.1. The lowest BCUT2D eigenvalue weighted by Crippen LogP contribution is -2.31. The summed E-state index contributed by atoms with van der Waals surface area (Å²) in [6.07, 6.45) is 0. The lowest BCUT2D eigenvalue weighted by molar-refractivity contribution is -0.115. The fourth-order valence-corrected chi connectivity index (χ4v) is 2.14. The van der Waals surface area contributed by atoms with Gasteiger partial charge in [0.2, 0.25) is 5.91 Å². The van der Waals surface area contributed by atoms with Crippen LogP contribution in [0.25, 0.3) is 0 Å². The number of ether oxygens (including phenoxy) is 2. The van der Waals surface area contributed by atoms with Crippen LogP contribution in [0.3, 0.4) is 0 Å². The van der Waals surface area contributed by atoms with Crippen molar-refractivity contribution in [3.63, 3.8) is 0 Å². The molecular weight excluding hydrogens is 320 g/mol. The number of amides is 1. The molecule has 0 aliphatic rings. The zero-order chi connectivity index (χ0) is 18.1. The van der Waals surface area contributed by atoms with Crippen molar-refractivity contribution in [3.8, 4) is 11.5 Å². The number of hydrogen-bond acceptors (Lipinski definition) is 5. The van der Waals surface area contributed by atoms with Crippen molar-refractivity contribution in [2.45, 2.75) is 6.92 Å². The van der Waals surface area contributed by atoms with Gasteiger partial charge in [0.05, 0.1) is 13.7 Å². The van der Waals surface area contributed by atoms with Crippen LogP contribution in [0.1, 0.15) is 17.3 Å². The number of ketones is 1. The number of methoxy groups -OCH3 is 1. The number of anilines is 1. The van der Waals surface area contributed by atoms with E-state index < -0.39 is 0 Å². The summed E-state index contributed by atoms with van der Waals surface area (Å²) >= 11 is 0. The molecule has 6 heteroatoms. The summed E-state index contributed by atoms with van der Waals surface area (Å²) < 4.78 is 10.6. The maximum atomic E-state index is 11.9. The van der Waals surface area contributed by atoms with Gasteiger partial charge in [-0.2, -0.15) is 0 Å². The second-order valence-electron chi connectivity index (χ2n) is 5.39. The molecule has 0 atom stereocenters. The van der Waals surface area contributed by atoms with E-state index in [1.54, 1.807) is 31.4 Å². The van der Waals surface area contributed by atoms with Crippen molar-refractivity contribution in [2.24, 2.45) is 0 Å². The van der Waals surface area contributed by atoms with E-state index in [0.717, 1.165) is 11.5 Å². The van der Waals surface area contributed by atoms with Gasteiger partial charge in [-0.3, -0.25) is 9.59 Å². The maximum Gasteiger partial charge on any atom is 0.238 e. The summed E-state index contributed by atoms with van der Waals surface area (Å²) in [6.45, 7) is 2.63. The standard InChI is InChI=1S/C19H22N2O4/c1-14(22)15-4-3-5-16(12-15)21-19(23)13-20-10-11-25-18-8-6-17(24-2)7-9-18/h3-9,12,20H,10-11,13H2,1-2H3,(H,21,23). The van der Waals surface area contributed by atoms with E-state index in [0.29, 0.717) is 24.4 Å². The predicted octanol–water partition coefficient (Wildman–Crippen LogP) is 2.50. The third kappa shape index (κ3) is 6.27. The molecular formula is C19H22N2O4. The second kappa shape index (κ2) is 9.44. The molecule has 0 saturated carbocycles. The van der Waals surface area contributed by atoms with Gasteiger partial charge in [0, 0.05) is 17.8 Å². The van der Waals surface area contributed by atoms with Crippen LogP contribution in [0.4, 0.5) is 5.69 Å². The monoisotopic (exact) mass is 342 g/mol. The van der Waals surface area contributed by atoms with Crippen molar-refractivity contribution in [2.75, 3.05) is 32.1 Å². The minimum Gasteiger partial charge on any atom is -0.497 e. The van der Waals surface area contributed by atoms with Crippen molar-refractivity contribution < 1.29 is 19.1 Å². The molecule has 0 aliphatic carbocycles. The molecule has 2 rings (SSSR count). The molecule has 0 spiro atoms. The van der Waals surface area contributed by atoms with E-state index in [4.69, 9.17) is 9.47 Å². The highest BCUT2D eigenvalue weighted by Crippen LogP contribution is 2.16. The van der Waals surface area contributed by atoms with E-state index >= 15 is 0 Å². The molecule has 0 fully saturated rings. The highest BCUT2D eigenvalue weighted by atomic mass is 16.5. The van der Waals surface area contributed by atoms with Gasteiger partial charge in [0.15, 0.2) is 5.78 Å². The smallest absolute Gasteiger partial charge is 0.238 e. The Labute approximate surface area is 147 Å². The van der Waals surface area contributed by atoms with E-state index in [-0.39, 0.29) is 18.2 Å². The van der Waals surface area contributed by atoms with Gasteiger partial charge < -0.3 is 20.1 Å². The molecule has 25 heavy (non-hydrogen) atoms. The molecule has 0 heterocycles. The Bertz CT molecular complexity index is 714. The number of nitrogens with one attached hydrogen (secondary N) is 2. The van der Waals surface area contributed by atoms with Gasteiger partial charge >= 0.3 is 0 Å². The molecule has 1 amide bonds. The van der Waals surface area contributed by atoms with Gasteiger partial charge in [0.1, 0.15) is 18.1 Å². The molecule has 0 unspecified atom stereocenters. The quantitative estimate of drug-likeness (QED) is 0.541. The van der Waals surface area contributed by atoms with Gasteiger partial charge in [0.25, 0.3) is 0 Å².